The van der Waals surface area contributed by atoms with Crippen LogP contribution in [0.5, 0.6) is 0 Å². The molecule has 5 atom stereocenters. The summed E-state index contributed by atoms with van der Waals surface area (Å²) in [7, 11) is -3.38. The lowest BCUT2D eigenvalue weighted by atomic mass is 9.82. The SMILES string of the molecule is C[C@H]1[C@H]([Si](C)(C)F)[C@@H](CCn2cc(C(CO)c3ccccc3)nn2)O[C@]12C(=O)N(c1ccccc1)c1ccc(N3CCC3=O)cc12. The Bertz CT molecular complexity index is 1760. The Balaban J connectivity index is 1.23. The van der Waals surface area contributed by atoms with E-state index in [9.17, 15) is 14.7 Å². The van der Waals surface area contributed by atoms with Gasteiger partial charge in [0.2, 0.25) is 14.3 Å². The van der Waals surface area contributed by atoms with Crippen molar-refractivity contribution in [2.75, 3.05) is 23.0 Å². The summed E-state index contributed by atoms with van der Waals surface area (Å²) in [6.45, 7) is 6.23. The number of carbonyl (C=O) groups excluding carboxylic acids is 2. The topological polar surface area (TPSA) is 101 Å². The summed E-state index contributed by atoms with van der Waals surface area (Å²) in [6.07, 6.45) is 2.18. The number of nitrogens with zero attached hydrogens (tertiary/aromatic N) is 5. The van der Waals surface area contributed by atoms with Crippen molar-refractivity contribution >= 4 is 37.3 Å². The van der Waals surface area contributed by atoms with Crippen LogP contribution in [-0.2, 0) is 26.5 Å². The van der Waals surface area contributed by atoms with Crippen molar-refractivity contribution in [2.24, 2.45) is 5.92 Å². The third-order valence-corrected chi connectivity index (χ3v) is 12.4. The van der Waals surface area contributed by atoms with Gasteiger partial charge in [-0.2, -0.15) is 0 Å². The van der Waals surface area contributed by atoms with Gasteiger partial charge in [-0.05, 0) is 55.4 Å². The van der Waals surface area contributed by atoms with Crippen molar-refractivity contribution in [2.45, 2.75) is 62.6 Å². The maximum Gasteiger partial charge on any atom is 0.268 e. The minimum absolute atomic E-state index is 0.0367. The molecule has 0 aliphatic carbocycles. The molecule has 46 heavy (non-hydrogen) atoms. The van der Waals surface area contributed by atoms with Gasteiger partial charge >= 0.3 is 0 Å². The zero-order valence-electron chi connectivity index (χ0n) is 26.2. The Kier molecular flexibility index (Phi) is 7.65. The van der Waals surface area contributed by atoms with Gasteiger partial charge in [-0.25, -0.2) is 0 Å². The number of aromatic nitrogens is 3. The average molecular weight is 640 g/mol. The van der Waals surface area contributed by atoms with Crippen LogP contribution in [0.4, 0.5) is 21.2 Å². The van der Waals surface area contributed by atoms with Crippen LogP contribution in [0.3, 0.4) is 0 Å². The lowest BCUT2D eigenvalue weighted by Gasteiger charge is -2.33. The quantitative estimate of drug-likeness (QED) is 0.144. The molecule has 4 aromatic rings. The van der Waals surface area contributed by atoms with Crippen molar-refractivity contribution in [3.05, 3.63) is 102 Å². The molecule has 4 heterocycles. The summed E-state index contributed by atoms with van der Waals surface area (Å²) in [5, 5.41) is 18.8. The minimum atomic E-state index is -3.38. The first-order valence-corrected chi connectivity index (χ1v) is 18.9. The molecule has 0 bridgehead atoms. The van der Waals surface area contributed by atoms with Gasteiger partial charge in [0.25, 0.3) is 5.91 Å². The zero-order valence-corrected chi connectivity index (χ0v) is 27.2. The molecule has 2 fully saturated rings. The number of aliphatic hydroxyl groups is 1. The Morgan fingerprint density at radius 3 is 2.39 bits per heavy atom. The fourth-order valence-corrected chi connectivity index (χ4v) is 10.3. The molecule has 1 N–H and O–H groups in total. The number of amides is 2. The summed E-state index contributed by atoms with van der Waals surface area (Å²) < 4.78 is 25.0. The molecule has 7 rings (SSSR count). The maximum absolute atomic E-state index is 16.4. The van der Waals surface area contributed by atoms with E-state index in [-0.39, 0.29) is 24.3 Å². The number of ether oxygens (including phenoxy) is 1. The van der Waals surface area contributed by atoms with Crippen LogP contribution >= 0.6 is 0 Å². The van der Waals surface area contributed by atoms with Crippen LogP contribution in [0.25, 0.3) is 0 Å². The number of benzene rings is 3. The molecule has 9 nitrogen and oxygen atoms in total. The molecule has 0 saturated carbocycles. The van der Waals surface area contributed by atoms with Crippen LogP contribution < -0.4 is 9.80 Å². The van der Waals surface area contributed by atoms with Crippen molar-refractivity contribution < 1.29 is 23.5 Å². The van der Waals surface area contributed by atoms with E-state index in [4.69, 9.17) is 4.74 Å². The maximum atomic E-state index is 16.4. The number of hydrogen-bond acceptors (Lipinski definition) is 6. The number of halogens is 1. The highest BCUT2D eigenvalue weighted by Crippen LogP contribution is 2.61. The molecule has 11 heteroatoms. The van der Waals surface area contributed by atoms with Crippen molar-refractivity contribution in [1.82, 2.24) is 15.0 Å². The first-order chi connectivity index (χ1) is 22.1. The second-order valence-electron chi connectivity index (χ2n) is 13.1. The molecule has 238 valence electrons. The van der Waals surface area contributed by atoms with E-state index in [1.54, 1.807) is 27.6 Å². The molecular formula is C35H38FN5O4Si. The van der Waals surface area contributed by atoms with Gasteiger partial charge in [0.1, 0.15) is 0 Å². The number of carbonyl (C=O) groups is 2. The smallest absolute Gasteiger partial charge is 0.268 e. The molecule has 1 unspecified atom stereocenters. The lowest BCUT2D eigenvalue weighted by Crippen LogP contribution is -2.45. The normalized spacial score (nSPS) is 24.8. The van der Waals surface area contributed by atoms with Gasteiger partial charge in [-0.15, -0.1) is 5.10 Å². The molecular weight excluding hydrogens is 602 g/mol. The number of β-lactam (4-membered cyclic amide) rings is 1. The highest BCUT2D eigenvalue weighted by Gasteiger charge is 2.67. The highest BCUT2D eigenvalue weighted by atomic mass is 28.4. The van der Waals surface area contributed by atoms with Crippen molar-refractivity contribution in [3.63, 3.8) is 0 Å². The number of rotatable bonds is 9. The lowest BCUT2D eigenvalue weighted by molar-refractivity contribution is -0.145. The summed E-state index contributed by atoms with van der Waals surface area (Å²) in [4.78, 5) is 30.5. The molecule has 2 saturated heterocycles. The van der Waals surface area contributed by atoms with E-state index in [0.29, 0.717) is 48.6 Å². The van der Waals surface area contributed by atoms with Gasteiger partial charge in [0.15, 0.2) is 5.60 Å². The fraction of sp³-hybridized carbons (Fsp3) is 0.371. The predicted octanol–water partition coefficient (Wildman–Crippen LogP) is 5.68. The monoisotopic (exact) mass is 639 g/mol. The van der Waals surface area contributed by atoms with E-state index < -0.39 is 31.6 Å². The van der Waals surface area contributed by atoms with E-state index in [2.05, 4.69) is 10.3 Å². The van der Waals surface area contributed by atoms with E-state index in [1.807, 2.05) is 92.0 Å². The summed E-state index contributed by atoms with van der Waals surface area (Å²) in [6, 6.07) is 24.8. The van der Waals surface area contributed by atoms with Gasteiger partial charge in [0.05, 0.1) is 30.0 Å². The van der Waals surface area contributed by atoms with Crippen molar-refractivity contribution in [3.8, 4) is 0 Å². The Morgan fingerprint density at radius 1 is 1.04 bits per heavy atom. The van der Waals surface area contributed by atoms with Gasteiger partial charge < -0.3 is 18.9 Å². The number of anilines is 3. The number of fused-ring (bicyclic) bond motifs is 2. The zero-order chi connectivity index (χ0) is 32.2. The first kappa shape index (κ1) is 30.5. The van der Waals surface area contributed by atoms with Gasteiger partial charge in [-0.1, -0.05) is 60.7 Å². The third kappa shape index (κ3) is 4.88. The summed E-state index contributed by atoms with van der Waals surface area (Å²) in [5.41, 5.74) is 2.49. The molecule has 1 spiro atoms. The fourth-order valence-electron chi connectivity index (χ4n) is 7.72. The first-order valence-electron chi connectivity index (χ1n) is 15.9. The van der Waals surface area contributed by atoms with E-state index in [1.165, 1.54) is 0 Å². The Morgan fingerprint density at radius 2 is 1.76 bits per heavy atom. The van der Waals surface area contributed by atoms with Gasteiger partial charge in [-0.3, -0.25) is 19.2 Å². The summed E-state index contributed by atoms with van der Waals surface area (Å²) >= 11 is 0. The Hall–Kier alpha value is -4.19. The summed E-state index contributed by atoms with van der Waals surface area (Å²) in [5.74, 6) is -0.977. The number of hydrogen-bond donors (Lipinski definition) is 1. The van der Waals surface area contributed by atoms with Crippen LogP contribution in [0, 0.1) is 5.92 Å². The molecule has 2 amide bonds. The number of aliphatic hydroxyl groups excluding tert-OH is 1. The van der Waals surface area contributed by atoms with Crippen LogP contribution in [-0.4, -0.2) is 59.6 Å². The second-order valence-corrected chi connectivity index (χ2v) is 16.9. The van der Waals surface area contributed by atoms with E-state index >= 15 is 4.11 Å². The molecule has 3 aromatic carbocycles. The molecule has 3 aliphatic heterocycles. The standard InChI is InChI=1S/C35H38FN5O4Si/c1-23-33(46(2,3)36)31(16-18-39-21-29(37-38-39)27(22-42)24-10-6-4-7-11-24)45-35(23)28-20-26(40-19-17-32(40)43)14-15-30(28)41(34(35)44)25-12-8-5-9-13-25/h4-15,20-21,23,27,31,33,42H,16-19,22H2,1-3H3/t23-,27?,31+,33-,35+/m0/s1. The number of aryl methyl sites for hydroxylation is 1. The Labute approximate surface area is 268 Å². The van der Waals surface area contributed by atoms with Crippen LogP contribution in [0.15, 0.2) is 85.1 Å². The molecule has 3 aliphatic rings. The number of para-hydroxylation sites is 1. The highest BCUT2D eigenvalue weighted by molar-refractivity contribution is 6.72. The van der Waals surface area contributed by atoms with Gasteiger partial charge in [0, 0.05) is 54.1 Å². The van der Waals surface area contributed by atoms with Crippen LogP contribution in [0.2, 0.25) is 18.6 Å². The van der Waals surface area contributed by atoms with Crippen molar-refractivity contribution in [1.29, 1.82) is 0 Å². The average Bonchev–Trinajstić information content (AvgIpc) is 3.70. The molecule has 0 radical (unpaired) electrons. The minimum Gasteiger partial charge on any atom is -0.395 e. The largest absolute Gasteiger partial charge is 0.395 e. The van der Waals surface area contributed by atoms with Crippen LogP contribution in [0.1, 0.15) is 42.5 Å². The predicted molar refractivity (Wildman–Crippen MR) is 175 cm³/mol. The molecule has 1 aromatic heterocycles. The van der Waals surface area contributed by atoms with E-state index in [0.717, 1.165) is 11.3 Å². The second kappa shape index (κ2) is 11.6. The third-order valence-electron chi connectivity index (χ3n) is 9.97.